The van der Waals surface area contributed by atoms with Gasteiger partial charge in [-0.1, -0.05) is 24.3 Å². The number of ether oxygens (including phenoxy) is 2. The highest BCUT2D eigenvalue weighted by Crippen LogP contribution is 2.26. The van der Waals surface area contributed by atoms with Gasteiger partial charge in [0.25, 0.3) is 5.56 Å². The number of benzene rings is 2. The van der Waals surface area contributed by atoms with Crippen LogP contribution in [0.15, 0.2) is 53.3 Å². The number of nitrogens with zero attached hydrogens (tertiary/aromatic N) is 1. The Bertz CT molecular complexity index is 949. The Hall–Kier alpha value is -3.15. The number of aromatic nitrogens is 2. The molecule has 6 heteroatoms. The first-order chi connectivity index (χ1) is 12.2. The van der Waals surface area contributed by atoms with Crippen molar-refractivity contribution in [2.45, 2.75) is 19.3 Å². The van der Waals surface area contributed by atoms with Crippen LogP contribution in [0, 0.1) is 0 Å². The van der Waals surface area contributed by atoms with Gasteiger partial charge in [0, 0.05) is 12.8 Å². The van der Waals surface area contributed by atoms with Crippen LogP contribution in [0.4, 0.5) is 0 Å². The van der Waals surface area contributed by atoms with Gasteiger partial charge in [0.1, 0.15) is 5.82 Å². The Morgan fingerprint density at radius 2 is 1.80 bits per heavy atom. The van der Waals surface area contributed by atoms with Crippen LogP contribution in [0.25, 0.3) is 10.9 Å². The topological polar surface area (TPSA) is 81.3 Å². The number of esters is 1. The van der Waals surface area contributed by atoms with Crippen molar-refractivity contribution >= 4 is 16.9 Å². The van der Waals surface area contributed by atoms with Gasteiger partial charge in [-0.05, 0) is 30.7 Å². The molecule has 2 aromatic carbocycles. The molecule has 3 aromatic rings. The molecule has 0 spiro atoms. The van der Waals surface area contributed by atoms with E-state index in [0.29, 0.717) is 41.1 Å². The first-order valence-electron chi connectivity index (χ1n) is 7.99. The lowest BCUT2D eigenvalue weighted by Crippen LogP contribution is -2.13. The number of aryl methyl sites for hydroxylation is 1. The monoisotopic (exact) mass is 338 g/mol. The van der Waals surface area contributed by atoms with E-state index in [0.717, 1.165) is 0 Å². The van der Waals surface area contributed by atoms with E-state index in [1.165, 1.54) is 7.11 Å². The van der Waals surface area contributed by atoms with Gasteiger partial charge in [0.15, 0.2) is 11.5 Å². The van der Waals surface area contributed by atoms with E-state index in [1.54, 1.807) is 42.5 Å². The van der Waals surface area contributed by atoms with Crippen LogP contribution in [0.1, 0.15) is 18.7 Å². The molecule has 0 amide bonds. The van der Waals surface area contributed by atoms with Gasteiger partial charge in [0.05, 0.1) is 18.0 Å². The van der Waals surface area contributed by atoms with Crippen molar-refractivity contribution in [1.82, 2.24) is 9.97 Å². The van der Waals surface area contributed by atoms with Crippen LogP contribution in [-0.4, -0.2) is 23.0 Å². The third-order valence-corrected chi connectivity index (χ3v) is 3.75. The van der Waals surface area contributed by atoms with Crippen LogP contribution in [0.5, 0.6) is 11.5 Å². The summed E-state index contributed by atoms with van der Waals surface area (Å²) in [5.41, 5.74) is 0.482. The van der Waals surface area contributed by atoms with E-state index in [-0.39, 0.29) is 17.9 Å². The molecule has 6 nitrogen and oxygen atoms in total. The minimum Gasteiger partial charge on any atom is -0.493 e. The lowest BCUT2D eigenvalue weighted by molar-refractivity contribution is -0.134. The molecule has 0 aliphatic rings. The van der Waals surface area contributed by atoms with E-state index >= 15 is 0 Å². The highest BCUT2D eigenvalue weighted by Gasteiger charge is 2.10. The normalized spacial score (nSPS) is 10.6. The van der Waals surface area contributed by atoms with E-state index in [4.69, 9.17) is 9.47 Å². The van der Waals surface area contributed by atoms with Gasteiger partial charge < -0.3 is 14.5 Å². The zero-order valence-corrected chi connectivity index (χ0v) is 13.8. The third kappa shape index (κ3) is 4.03. The summed E-state index contributed by atoms with van der Waals surface area (Å²) >= 11 is 0. The predicted octanol–water partition coefficient (Wildman–Crippen LogP) is 2.86. The lowest BCUT2D eigenvalue weighted by Gasteiger charge is -2.08. The van der Waals surface area contributed by atoms with Gasteiger partial charge in [-0.25, -0.2) is 4.98 Å². The van der Waals surface area contributed by atoms with Crippen molar-refractivity contribution in [1.29, 1.82) is 0 Å². The second kappa shape index (κ2) is 7.61. The first kappa shape index (κ1) is 16.7. The smallest absolute Gasteiger partial charge is 0.311 e. The Labute approximate surface area is 144 Å². The molecule has 0 radical (unpaired) electrons. The summed E-state index contributed by atoms with van der Waals surface area (Å²) in [4.78, 5) is 31.2. The van der Waals surface area contributed by atoms with E-state index < -0.39 is 0 Å². The molecule has 0 fully saturated rings. The standard InChI is InChI=1S/C19H18N2O4/c1-24-15-9-4-5-10-16(15)25-18(22)12-6-11-17-20-14-8-3-2-7-13(14)19(23)21-17/h2-5,7-10H,6,11-12H2,1H3,(H,20,21,23). The highest BCUT2D eigenvalue weighted by atomic mass is 16.6. The molecule has 1 N–H and O–H groups in total. The number of hydrogen-bond acceptors (Lipinski definition) is 5. The van der Waals surface area contributed by atoms with Crippen molar-refractivity contribution in [3.05, 3.63) is 64.7 Å². The number of methoxy groups -OCH3 is 1. The van der Waals surface area contributed by atoms with Gasteiger partial charge in [-0.2, -0.15) is 0 Å². The summed E-state index contributed by atoms with van der Waals surface area (Å²) in [6.07, 6.45) is 1.23. The molecule has 25 heavy (non-hydrogen) atoms. The number of carbonyl (C=O) groups is 1. The fraction of sp³-hybridized carbons (Fsp3) is 0.211. The Balaban J connectivity index is 1.59. The summed E-state index contributed by atoms with van der Waals surface area (Å²) in [6.45, 7) is 0. The van der Waals surface area contributed by atoms with Crippen LogP contribution in [-0.2, 0) is 11.2 Å². The third-order valence-electron chi connectivity index (χ3n) is 3.75. The maximum absolute atomic E-state index is 12.0. The molecule has 1 heterocycles. The zero-order valence-electron chi connectivity index (χ0n) is 13.8. The predicted molar refractivity (Wildman–Crippen MR) is 93.9 cm³/mol. The number of para-hydroxylation sites is 3. The van der Waals surface area contributed by atoms with Crippen molar-refractivity contribution in [2.75, 3.05) is 7.11 Å². The summed E-state index contributed by atoms with van der Waals surface area (Å²) in [5.74, 6) is 1.12. The first-order valence-corrected chi connectivity index (χ1v) is 7.99. The summed E-state index contributed by atoms with van der Waals surface area (Å²) < 4.78 is 10.5. The van der Waals surface area contributed by atoms with Gasteiger partial charge >= 0.3 is 5.97 Å². The van der Waals surface area contributed by atoms with Gasteiger partial charge in [-0.15, -0.1) is 0 Å². The summed E-state index contributed by atoms with van der Waals surface area (Å²) in [7, 11) is 1.52. The van der Waals surface area contributed by atoms with Crippen LogP contribution in [0.3, 0.4) is 0 Å². The zero-order chi connectivity index (χ0) is 17.6. The maximum atomic E-state index is 12.0. The SMILES string of the molecule is COc1ccccc1OC(=O)CCCc1nc2ccccc2c(=O)[nH]1. The molecule has 0 atom stereocenters. The number of nitrogens with one attached hydrogen (secondary N) is 1. The average Bonchev–Trinajstić information content (AvgIpc) is 2.62. The van der Waals surface area contributed by atoms with Crippen LogP contribution < -0.4 is 15.0 Å². The minimum atomic E-state index is -0.354. The molecule has 128 valence electrons. The van der Waals surface area contributed by atoms with Crippen LogP contribution >= 0.6 is 0 Å². The second-order valence-electron chi connectivity index (χ2n) is 5.51. The molecule has 0 saturated heterocycles. The fourth-order valence-corrected chi connectivity index (χ4v) is 2.53. The number of rotatable bonds is 6. The summed E-state index contributed by atoms with van der Waals surface area (Å²) in [6, 6.07) is 14.1. The molecule has 3 rings (SSSR count). The number of hydrogen-bond donors (Lipinski definition) is 1. The van der Waals surface area contributed by atoms with Crippen molar-refractivity contribution in [3.63, 3.8) is 0 Å². The Morgan fingerprint density at radius 3 is 2.60 bits per heavy atom. The molecular weight excluding hydrogens is 320 g/mol. The largest absolute Gasteiger partial charge is 0.493 e. The number of carbonyl (C=O) groups excluding carboxylic acids is 1. The van der Waals surface area contributed by atoms with E-state index in [9.17, 15) is 9.59 Å². The average molecular weight is 338 g/mol. The lowest BCUT2D eigenvalue weighted by atomic mass is 10.2. The molecule has 0 unspecified atom stereocenters. The van der Waals surface area contributed by atoms with Crippen molar-refractivity contribution in [2.24, 2.45) is 0 Å². The van der Waals surface area contributed by atoms with E-state index in [1.807, 2.05) is 6.07 Å². The Morgan fingerprint density at radius 1 is 1.08 bits per heavy atom. The molecule has 0 aliphatic carbocycles. The maximum Gasteiger partial charge on any atom is 0.311 e. The van der Waals surface area contributed by atoms with Crippen molar-refractivity contribution < 1.29 is 14.3 Å². The van der Waals surface area contributed by atoms with Crippen LogP contribution in [0.2, 0.25) is 0 Å². The van der Waals surface area contributed by atoms with Gasteiger partial charge in [0.2, 0.25) is 0 Å². The molecule has 1 aromatic heterocycles. The number of H-pyrrole nitrogens is 1. The molecule has 0 saturated carbocycles. The van der Waals surface area contributed by atoms with Crippen molar-refractivity contribution in [3.8, 4) is 11.5 Å². The number of fused-ring (bicyclic) bond motifs is 1. The molecule has 0 aliphatic heterocycles. The fourth-order valence-electron chi connectivity index (χ4n) is 2.53. The molecule has 0 bridgehead atoms. The summed E-state index contributed by atoms with van der Waals surface area (Å²) in [5, 5.41) is 0.557. The number of aromatic amines is 1. The van der Waals surface area contributed by atoms with Gasteiger partial charge in [-0.3, -0.25) is 9.59 Å². The highest BCUT2D eigenvalue weighted by molar-refractivity contribution is 5.77. The minimum absolute atomic E-state index is 0.169. The Kier molecular flexibility index (Phi) is 5.09. The van der Waals surface area contributed by atoms with E-state index in [2.05, 4.69) is 9.97 Å². The second-order valence-corrected chi connectivity index (χ2v) is 5.51. The quantitative estimate of drug-likeness (QED) is 0.552. The molecular formula is C19H18N2O4.